The first-order chi connectivity index (χ1) is 17.5. The van der Waals surface area contributed by atoms with E-state index >= 15 is 0 Å². The minimum atomic E-state index is -0.688. The number of rotatable bonds is 12. The van der Waals surface area contributed by atoms with Crippen LogP contribution in [0.2, 0.25) is 0 Å². The van der Waals surface area contributed by atoms with Gasteiger partial charge in [-0.15, -0.1) is 0 Å². The van der Waals surface area contributed by atoms with Crippen molar-refractivity contribution in [2.24, 2.45) is 0 Å². The molecule has 3 rings (SSSR count). The van der Waals surface area contributed by atoms with Crippen LogP contribution in [0, 0.1) is 0 Å². The highest BCUT2D eigenvalue weighted by atomic mass is 16.5. The van der Waals surface area contributed by atoms with Crippen LogP contribution in [-0.4, -0.2) is 51.8 Å². The molecule has 0 radical (unpaired) electrons. The molecule has 0 aliphatic rings. The summed E-state index contributed by atoms with van der Waals surface area (Å²) in [5.74, 6) is -0.455. The zero-order valence-corrected chi connectivity index (χ0v) is 20.1. The number of benzene rings is 3. The number of carbonyl (C=O) groups is 3. The number of para-hydroxylation sites is 2. The van der Waals surface area contributed by atoms with Crippen molar-refractivity contribution in [1.29, 1.82) is 0 Å². The molecule has 0 bridgehead atoms. The average Bonchev–Trinajstić information content (AvgIpc) is 2.91. The zero-order chi connectivity index (χ0) is 25.8. The second kappa shape index (κ2) is 13.4. The first kappa shape index (κ1) is 26.1. The Kier molecular flexibility index (Phi) is 9.69. The number of hydrogen-bond donors (Lipinski definition) is 2. The lowest BCUT2D eigenvalue weighted by molar-refractivity contribution is -0.124. The largest absolute Gasteiger partial charge is 0.495 e. The first-order valence-corrected chi connectivity index (χ1v) is 11.2. The molecule has 0 aliphatic heterocycles. The van der Waals surface area contributed by atoms with E-state index in [9.17, 15) is 14.4 Å². The lowest BCUT2D eigenvalue weighted by atomic mass is 10.1. The van der Waals surface area contributed by atoms with E-state index in [-0.39, 0.29) is 23.7 Å². The number of anilines is 1. The minimum Gasteiger partial charge on any atom is -0.495 e. The highest BCUT2D eigenvalue weighted by Gasteiger charge is 2.15. The molecular formula is C27H28N2O7. The van der Waals surface area contributed by atoms with Crippen LogP contribution in [0.4, 0.5) is 5.69 Å². The van der Waals surface area contributed by atoms with E-state index in [4.69, 9.17) is 18.9 Å². The van der Waals surface area contributed by atoms with Crippen LogP contribution in [0.3, 0.4) is 0 Å². The Morgan fingerprint density at radius 1 is 0.750 bits per heavy atom. The summed E-state index contributed by atoms with van der Waals surface area (Å²) in [4.78, 5) is 36.7. The maximum Gasteiger partial charge on any atom is 0.338 e. The van der Waals surface area contributed by atoms with Crippen LogP contribution in [-0.2, 0) is 20.7 Å². The van der Waals surface area contributed by atoms with Crippen molar-refractivity contribution in [1.82, 2.24) is 5.32 Å². The second-order valence-electron chi connectivity index (χ2n) is 7.56. The Morgan fingerprint density at radius 2 is 1.47 bits per heavy atom. The van der Waals surface area contributed by atoms with E-state index in [2.05, 4.69) is 10.6 Å². The van der Waals surface area contributed by atoms with E-state index in [0.29, 0.717) is 24.4 Å². The predicted octanol–water partition coefficient (Wildman–Crippen LogP) is 3.24. The summed E-state index contributed by atoms with van der Waals surface area (Å²) < 4.78 is 21.1. The zero-order valence-electron chi connectivity index (χ0n) is 20.1. The molecule has 3 aromatic carbocycles. The number of ether oxygens (including phenoxy) is 4. The molecular weight excluding hydrogens is 464 g/mol. The topological polar surface area (TPSA) is 112 Å². The quantitative estimate of drug-likeness (QED) is 0.373. The Hall–Kier alpha value is -4.53. The molecule has 0 atom stereocenters. The molecule has 188 valence electrons. The average molecular weight is 493 g/mol. The van der Waals surface area contributed by atoms with Crippen molar-refractivity contribution in [3.05, 3.63) is 83.9 Å². The highest BCUT2D eigenvalue weighted by Crippen LogP contribution is 2.29. The summed E-state index contributed by atoms with van der Waals surface area (Å²) in [6, 6.07) is 21.1. The van der Waals surface area contributed by atoms with Gasteiger partial charge in [-0.1, -0.05) is 42.5 Å². The summed E-state index contributed by atoms with van der Waals surface area (Å²) in [5, 5.41) is 5.42. The van der Waals surface area contributed by atoms with Gasteiger partial charge in [-0.25, -0.2) is 4.79 Å². The standard InChI is InChI=1S/C27H28N2O7/c1-33-22-11-7-6-10-21(22)29-26(31)18-35-23-13-12-20(16-24(23)34-2)27(32)36-17-25(30)28-15-14-19-8-4-3-5-9-19/h3-13,16H,14-15,17-18H2,1-2H3,(H,28,30)(H,29,31). The molecule has 0 heterocycles. The predicted molar refractivity (Wildman–Crippen MR) is 134 cm³/mol. The molecule has 0 aromatic heterocycles. The number of nitrogens with one attached hydrogen (secondary N) is 2. The SMILES string of the molecule is COc1ccccc1NC(=O)COc1ccc(C(=O)OCC(=O)NCCc2ccccc2)cc1OC. The van der Waals surface area contributed by atoms with Gasteiger partial charge in [-0.3, -0.25) is 9.59 Å². The van der Waals surface area contributed by atoms with Gasteiger partial charge in [-0.2, -0.15) is 0 Å². The van der Waals surface area contributed by atoms with Gasteiger partial charge in [0.1, 0.15) is 5.75 Å². The molecule has 0 aliphatic carbocycles. The summed E-state index contributed by atoms with van der Waals surface area (Å²) in [6.07, 6.45) is 0.677. The van der Waals surface area contributed by atoms with Crippen molar-refractivity contribution < 1.29 is 33.3 Å². The van der Waals surface area contributed by atoms with Crippen molar-refractivity contribution in [2.75, 3.05) is 39.3 Å². The molecule has 36 heavy (non-hydrogen) atoms. The maximum absolute atomic E-state index is 12.4. The highest BCUT2D eigenvalue weighted by molar-refractivity contribution is 5.94. The summed E-state index contributed by atoms with van der Waals surface area (Å²) in [6.45, 7) is -0.260. The fourth-order valence-electron chi connectivity index (χ4n) is 3.25. The Morgan fingerprint density at radius 3 is 2.22 bits per heavy atom. The lowest BCUT2D eigenvalue weighted by Gasteiger charge is -2.13. The maximum atomic E-state index is 12.4. The molecule has 0 saturated heterocycles. The van der Waals surface area contributed by atoms with Crippen LogP contribution in [0.1, 0.15) is 15.9 Å². The Balaban J connectivity index is 1.47. The van der Waals surface area contributed by atoms with Crippen molar-refractivity contribution in [2.45, 2.75) is 6.42 Å². The lowest BCUT2D eigenvalue weighted by Crippen LogP contribution is -2.30. The molecule has 0 saturated carbocycles. The number of hydrogen-bond acceptors (Lipinski definition) is 7. The fraction of sp³-hybridized carbons (Fsp3) is 0.222. The number of amides is 2. The van der Waals surface area contributed by atoms with Crippen LogP contribution in [0.15, 0.2) is 72.8 Å². The summed E-state index contributed by atoms with van der Waals surface area (Å²) in [7, 11) is 2.92. The van der Waals surface area contributed by atoms with Crippen molar-refractivity contribution >= 4 is 23.5 Å². The van der Waals surface area contributed by atoms with Crippen LogP contribution >= 0.6 is 0 Å². The van der Waals surface area contributed by atoms with Gasteiger partial charge >= 0.3 is 5.97 Å². The van der Waals surface area contributed by atoms with Crippen LogP contribution < -0.4 is 24.8 Å². The van der Waals surface area contributed by atoms with Crippen LogP contribution in [0.5, 0.6) is 17.2 Å². The molecule has 3 aromatic rings. The van der Waals surface area contributed by atoms with Crippen LogP contribution in [0.25, 0.3) is 0 Å². The van der Waals surface area contributed by atoms with E-state index < -0.39 is 24.4 Å². The third-order valence-electron chi connectivity index (χ3n) is 5.05. The number of carbonyl (C=O) groups excluding carboxylic acids is 3. The van der Waals surface area contributed by atoms with Gasteiger partial charge in [0.05, 0.1) is 25.5 Å². The van der Waals surface area contributed by atoms with Gasteiger partial charge in [0.15, 0.2) is 24.7 Å². The van der Waals surface area contributed by atoms with Crippen molar-refractivity contribution in [3.8, 4) is 17.2 Å². The summed E-state index contributed by atoms with van der Waals surface area (Å²) >= 11 is 0. The third kappa shape index (κ3) is 7.76. The molecule has 0 unspecified atom stereocenters. The minimum absolute atomic E-state index is 0.176. The van der Waals surface area contributed by atoms with E-state index in [1.165, 1.54) is 32.4 Å². The van der Waals surface area contributed by atoms with E-state index in [1.807, 2.05) is 30.3 Å². The van der Waals surface area contributed by atoms with Gasteiger partial charge in [0.2, 0.25) is 0 Å². The molecule has 9 nitrogen and oxygen atoms in total. The van der Waals surface area contributed by atoms with Gasteiger partial charge in [0.25, 0.3) is 11.8 Å². The molecule has 0 fully saturated rings. The molecule has 2 amide bonds. The third-order valence-corrected chi connectivity index (χ3v) is 5.05. The van der Waals surface area contributed by atoms with Crippen molar-refractivity contribution in [3.63, 3.8) is 0 Å². The molecule has 0 spiro atoms. The van der Waals surface area contributed by atoms with E-state index in [0.717, 1.165) is 5.56 Å². The normalized spacial score (nSPS) is 10.2. The Labute approximate surface area is 209 Å². The summed E-state index contributed by atoms with van der Waals surface area (Å²) in [5.41, 5.74) is 1.79. The smallest absolute Gasteiger partial charge is 0.338 e. The number of esters is 1. The first-order valence-electron chi connectivity index (χ1n) is 11.2. The molecule has 9 heteroatoms. The Bertz CT molecular complexity index is 1180. The van der Waals surface area contributed by atoms with E-state index in [1.54, 1.807) is 24.3 Å². The molecule has 2 N–H and O–H groups in total. The van der Waals surface area contributed by atoms with Gasteiger partial charge < -0.3 is 29.6 Å². The monoisotopic (exact) mass is 492 g/mol. The second-order valence-corrected chi connectivity index (χ2v) is 7.56. The van der Waals surface area contributed by atoms with Gasteiger partial charge in [0, 0.05) is 6.54 Å². The number of methoxy groups -OCH3 is 2. The van der Waals surface area contributed by atoms with Gasteiger partial charge in [-0.05, 0) is 42.3 Å². The fourth-order valence-corrected chi connectivity index (χ4v) is 3.25.